The molecule has 2 fully saturated rings. The van der Waals surface area contributed by atoms with E-state index in [0.29, 0.717) is 5.92 Å². The van der Waals surface area contributed by atoms with Crippen LogP contribution < -0.4 is 0 Å². The molecule has 0 aromatic heterocycles. The van der Waals surface area contributed by atoms with Crippen LogP contribution in [0.1, 0.15) is 78.1 Å². The highest BCUT2D eigenvalue weighted by Gasteiger charge is 2.27. The van der Waals surface area contributed by atoms with Gasteiger partial charge in [0.1, 0.15) is 19.0 Å². The molecule has 0 aliphatic heterocycles. The lowest BCUT2D eigenvalue weighted by Crippen LogP contribution is -2.28. The standard InChI is InChI=1S/C13H24O4.C9H16O/c1-3-10-4-6-11(7-5-10)13(15)17-9-12(14)8-16-2;1-2-8-3-5-9(7-10)6-4-8/h10-12,14H,3-9H2,1-2H3;7-9H,2-6H2,1H3. The first-order valence-electron chi connectivity index (χ1n) is 10.8. The Morgan fingerprint density at radius 1 is 0.963 bits per heavy atom. The Morgan fingerprint density at radius 2 is 1.48 bits per heavy atom. The van der Waals surface area contributed by atoms with Crippen molar-refractivity contribution in [2.75, 3.05) is 20.3 Å². The summed E-state index contributed by atoms with van der Waals surface area (Å²) in [6.45, 7) is 4.69. The summed E-state index contributed by atoms with van der Waals surface area (Å²) >= 11 is 0. The average Bonchev–Trinajstić information content (AvgIpc) is 2.72. The van der Waals surface area contributed by atoms with Crippen LogP contribution in [0.15, 0.2) is 0 Å². The molecule has 2 rings (SSSR count). The van der Waals surface area contributed by atoms with Crippen molar-refractivity contribution < 1.29 is 24.2 Å². The predicted molar refractivity (Wildman–Crippen MR) is 106 cm³/mol. The first-order valence-corrected chi connectivity index (χ1v) is 10.8. The van der Waals surface area contributed by atoms with Crippen LogP contribution in [-0.4, -0.2) is 43.8 Å². The molecule has 1 N–H and O–H groups in total. The first kappa shape index (κ1) is 24.1. The van der Waals surface area contributed by atoms with Crippen LogP contribution in [0.4, 0.5) is 0 Å². The van der Waals surface area contributed by atoms with Crippen molar-refractivity contribution in [3.05, 3.63) is 0 Å². The van der Waals surface area contributed by atoms with E-state index in [4.69, 9.17) is 9.47 Å². The summed E-state index contributed by atoms with van der Waals surface area (Å²) < 4.78 is 9.86. The Hall–Kier alpha value is -0.940. The smallest absolute Gasteiger partial charge is 0.309 e. The second kappa shape index (κ2) is 14.1. The SMILES string of the molecule is CCC1CCC(C(=O)OCC(O)COC)CC1.CCC1CCC(C=O)CC1. The molecular formula is C22H40O5. The first-order chi connectivity index (χ1) is 13.0. The van der Waals surface area contributed by atoms with Crippen molar-refractivity contribution in [2.45, 2.75) is 84.2 Å². The lowest BCUT2D eigenvalue weighted by molar-refractivity contribution is -0.153. The molecule has 5 heteroatoms. The molecule has 158 valence electrons. The van der Waals surface area contributed by atoms with E-state index >= 15 is 0 Å². The van der Waals surface area contributed by atoms with Gasteiger partial charge in [0.25, 0.3) is 0 Å². The molecule has 2 aliphatic carbocycles. The van der Waals surface area contributed by atoms with Gasteiger partial charge in [-0.25, -0.2) is 0 Å². The number of hydrogen-bond donors (Lipinski definition) is 1. The van der Waals surface area contributed by atoms with E-state index in [1.165, 1.54) is 32.8 Å². The fourth-order valence-electron chi connectivity index (χ4n) is 4.08. The maximum Gasteiger partial charge on any atom is 0.309 e. The lowest BCUT2D eigenvalue weighted by Gasteiger charge is -2.26. The molecule has 2 aliphatic rings. The molecule has 2 saturated carbocycles. The van der Waals surface area contributed by atoms with Gasteiger partial charge in [-0.15, -0.1) is 0 Å². The van der Waals surface area contributed by atoms with Crippen molar-refractivity contribution in [1.82, 2.24) is 0 Å². The third kappa shape index (κ3) is 9.70. The van der Waals surface area contributed by atoms with Crippen LogP contribution in [0, 0.1) is 23.7 Å². The van der Waals surface area contributed by atoms with E-state index in [9.17, 15) is 14.7 Å². The third-order valence-electron chi connectivity index (χ3n) is 6.20. The average molecular weight is 385 g/mol. The second-order valence-electron chi connectivity index (χ2n) is 8.19. The summed E-state index contributed by atoms with van der Waals surface area (Å²) in [5, 5.41) is 9.37. The van der Waals surface area contributed by atoms with Gasteiger partial charge in [-0.3, -0.25) is 4.79 Å². The van der Waals surface area contributed by atoms with Gasteiger partial charge in [0.2, 0.25) is 0 Å². The normalized spacial score (nSPS) is 29.2. The van der Waals surface area contributed by atoms with Crippen molar-refractivity contribution in [3.8, 4) is 0 Å². The van der Waals surface area contributed by atoms with Gasteiger partial charge >= 0.3 is 5.97 Å². The number of hydrogen-bond acceptors (Lipinski definition) is 5. The van der Waals surface area contributed by atoms with Crippen LogP contribution >= 0.6 is 0 Å². The minimum Gasteiger partial charge on any atom is -0.463 e. The maximum absolute atomic E-state index is 11.7. The van der Waals surface area contributed by atoms with Gasteiger partial charge in [0.05, 0.1) is 12.5 Å². The minimum absolute atomic E-state index is 0.0348. The highest BCUT2D eigenvalue weighted by molar-refractivity contribution is 5.72. The van der Waals surface area contributed by atoms with Gasteiger partial charge in [0.15, 0.2) is 0 Å². The molecule has 1 unspecified atom stereocenters. The molecule has 27 heavy (non-hydrogen) atoms. The highest BCUT2D eigenvalue weighted by Crippen LogP contribution is 2.31. The van der Waals surface area contributed by atoms with Crippen LogP contribution in [0.2, 0.25) is 0 Å². The van der Waals surface area contributed by atoms with Crippen molar-refractivity contribution in [2.24, 2.45) is 23.7 Å². The predicted octanol–water partition coefficient (Wildman–Crippen LogP) is 4.16. The number of methoxy groups -OCH3 is 1. The molecule has 0 aromatic rings. The van der Waals surface area contributed by atoms with Crippen molar-refractivity contribution >= 4 is 12.3 Å². The van der Waals surface area contributed by atoms with Crippen LogP contribution in [0.3, 0.4) is 0 Å². The number of esters is 1. The molecule has 0 amide bonds. The molecule has 0 heterocycles. The molecule has 5 nitrogen and oxygen atoms in total. The Kier molecular flexibility index (Phi) is 12.6. The van der Waals surface area contributed by atoms with Crippen molar-refractivity contribution in [1.29, 1.82) is 0 Å². The van der Waals surface area contributed by atoms with Crippen molar-refractivity contribution in [3.63, 3.8) is 0 Å². The Bertz CT molecular complexity index is 396. The number of aliphatic hydroxyl groups is 1. The fraction of sp³-hybridized carbons (Fsp3) is 0.909. The second-order valence-corrected chi connectivity index (χ2v) is 8.19. The van der Waals surface area contributed by atoms with E-state index in [0.717, 1.165) is 56.6 Å². The number of rotatable bonds is 8. The minimum atomic E-state index is -0.712. The zero-order valence-corrected chi connectivity index (χ0v) is 17.5. The summed E-state index contributed by atoms with van der Waals surface area (Å²) in [5.41, 5.74) is 0. The molecule has 0 aromatic carbocycles. The van der Waals surface area contributed by atoms with Gasteiger partial charge in [-0.1, -0.05) is 26.7 Å². The van der Waals surface area contributed by atoms with Crippen LogP contribution in [-0.2, 0) is 19.1 Å². The molecular weight excluding hydrogens is 344 g/mol. The molecule has 0 saturated heterocycles. The number of carbonyl (C=O) groups is 2. The zero-order chi connectivity index (χ0) is 20.1. The number of aldehydes is 1. The number of carbonyl (C=O) groups excluding carboxylic acids is 2. The van der Waals surface area contributed by atoms with E-state index in [1.807, 2.05) is 0 Å². The molecule has 0 spiro atoms. The third-order valence-corrected chi connectivity index (χ3v) is 6.20. The summed E-state index contributed by atoms with van der Waals surface area (Å²) in [4.78, 5) is 22.1. The maximum atomic E-state index is 11.7. The Balaban J connectivity index is 0.000000309. The topological polar surface area (TPSA) is 72.8 Å². The summed E-state index contributed by atoms with van der Waals surface area (Å²) in [6, 6.07) is 0. The monoisotopic (exact) mass is 384 g/mol. The van der Waals surface area contributed by atoms with E-state index < -0.39 is 6.10 Å². The van der Waals surface area contributed by atoms with Crippen LogP contribution in [0.5, 0.6) is 0 Å². The zero-order valence-electron chi connectivity index (χ0n) is 17.5. The quantitative estimate of drug-likeness (QED) is 0.503. The fourth-order valence-corrected chi connectivity index (χ4v) is 4.08. The summed E-state index contributed by atoms with van der Waals surface area (Å²) in [6.07, 6.45) is 11.9. The molecule has 0 radical (unpaired) electrons. The highest BCUT2D eigenvalue weighted by atomic mass is 16.5. The number of ether oxygens (including phenoxy) is 2. The summed E-state index contributed by atoms with van der Waals surface area (Å²) in [5.74, 6) is 1.96. The van der Waals surface area contributed by atoms with Gasteiger partial charge < -0.3 is 19.4 Å². The Labute approximate surface area is 165 Å². The number of aliphatic hydroxyl groups excluding tert-OH is 1. The summed E-state index contributed by atoms with van der Waals surface area (Å²) in [7, 11) is 1.51. The molecule has 0 bridgehead atoms. The van der Waals surface area contributed by atoms with E-state index in [1.54, 1.807) is 0 Å². The van der Waals surface area contributed by atoms with Gasteiger partial charge in [-0.2, -0.15) is 0 Å². The molecule has 1 atom stereocenters. The Morgan fingerprint density at radius 3 is 1.93 bits per heavy atom. The van der Waals surface area contributed by atoms with Gasteiger partial charge in [0, 0.05) is 13.0 Å². The van der Waals surface area contributed by atoms with E-state index in [2.05, 4.69) is 13.8 Å². The van der Waals surface area contributed by atoms with Gasteiger partial charge in [-0.05, 0) is 63.2 Å². The lowest BCUT2D eigenvalue weighted by atomic mass is 9.81. The van der Waals surface area contributed by atoms with E-state index in [-0.39, 0.29) is 25.1 Å². The largest absolute Gasteiger partial charge is 0.463 e. The van der Waals surface area contributed by atoms with Crippen LogP contribution in [0.25, 0.3) is 0 Å².